The average Bonchev–Trinajstić information content (AvgIpc) is 3.08. The summed E-state index contributed by atoms with van der Waals surface area (Å²) >= 11 is 1.56. The summed E-state index contributed by atoms with van der Waals surface area (Å²) in [6, 6.07) is 12.8. The first-order chi connectivity index (χ1) is 12.6. The van der Waals surface area contributed by atoms with Crippen molar-refractivity contribution in [1.29, 1.82) is 0 Å². The molecule has 0 atom stereocenters. The third-order valence-corrected chi connectivity index (χ3v) is 4.77. The number of carbonyl (C=O) groups is 2. The van der Waals surface area contributed by atoms with E-state index in [9.17, 15) is 9.59 Å². The number of nitrogens with one attached hydrogen (secondary N) is 1. The summed E-state index contributed by atoms with van der Waals surface area (Å²) in [5.74, 6) is -0.176. The van der Waals surface area contributed by atoms with Crippen LogP contribution >= 0.6 is 11.3 Å². The fourth-order valence-corrected chi connectivity index (χ4v) is 3.31. The van der Waals surface area contributed by atoms with E-state index in [1.807, 2.05) is 23.6 Å². The number of ketones is 1. The van der Waals surface area contributed by atoms with Crippen LogP contribution < -0.4 is 5.32 Å². The van der Waals surface area contributed by atoms with Gasteiger partial charge in [0.05, 0.1) is 17.1 Å². The summed E-state index contributed by atoms with van der Waals surface area (Å²) in [6.45, 7) is 1.50. The lowest BCUT2D eigenvalue weighted by Gasteiger charge is -2.05. The Labute approximate surface area is 156 Å². The van der Waals surface area contributed by atoms with Crippen LogP contribution in [-0.2, 0) is 24.1 Å². The zero-order chi connectivity index (χ0) is 18.4. The second kappa shape index (κ2) is 8.49. The summed E-state index contributed by atoms with van der Waals surface area (Å²) in [4.78, 5) is 32.5. The van der Waals surface area contributed by atoms with Crippen LogP contribution in [0.25, 0.3) is 0 Å². The number of rotatable bonds is 7. The van der Waals surface area contributed by atoms with E-state index in [0.29, 0.717) is 11.3 Å². The molecule has 0 radical (unpaired) electrons. The van der Waals surface area contributed by atoms with Gasteiger partial charge in [-0.2, -0.15) is 0 Å². The van der Waals surface area contributed by atoms with Crippen LogP contribution in [0.5, 0.6) is 0 Å². The maximum absolute atomic E-state index is 12.2. The molecule has 0 fully saturated rings. The molecule has 1 aromatic carbocycles. The number of hydrogen-bond donors (Lipinski definition) is 1. The molecule has 26 heavy (non-hydrogen) atoms. The molecule has 132 valence electrons. The van der Waals surface area contributed by atoms with Gasteiger partial charge >= 0.3 is 0 Å². The molecular formula is C20H19N3O2S. The molecule has 6 heteroatoms. The maximum atomic E-state index is 12.2. The predicted octanol–water partition coefficient (Wildman–Crippen LogP) is 3.71. The van der Waals surface area contributed by atoms with E-state index in [1.54, 1.807) is 41.8 Å². The van der Waals surface area contributed by atoms with Gasteiger partial charge in [-0.05, 0) is 37.6 Å². The molecule has 3 aromatic rings. The molecule has 5 nitrogen and oxygen atoms in total. The molecule has 0 saturated heterocycles. The van der Waals surface area contributed by atoms with Crippen LogP contribution in [0.3, 0.4) is 0 Å². The van der Waals surface area contributed by atoms with E-state index < -0.39 is 0 Å². The molecule has 0 saturated carbocycles. The minimum absolute atomic E-state index is 0.0295. The lowest BCUT2D eigenvalue weighted by Crippen LogP contribution is -2.15. The average molecular weight is 365 g/mol. The summed E-state index contributed by atoms with van der Waals surface area (Å²) in [5.41, 5.74) is 2.99. The minimum Gasteiger partial charge on any atom is -0.326 e. The Hall–Kier alpha value is -2.86. The number of hydrogen-bond acceptors (Lipinski definition) is 5. The van der Waals surface area contributed by atoms with E-state index in [4.69, 9.17) is 0 Å². The summed E-state index contributed by atoms with van der Waals surface area (Å²) in [5, 5.41) is 5.73. The second-order valence-electron chi connectivity index (χ2n) is 5.92. The van der Waals surface area contributed by atoms with Crippen molar-refractivity contribution in [2.45, 2.75) is 26.2 Å². The molecule has 2 heterocycles. The zero-order valence-corrected chi connectivity index (χ0v) is 15.3. The van der Waals surface area contributed by atoms with Gasteiger partial charge in [0.1, 0.15) is 0 Å². The Balaban J connectivity index is 1.54. The zero-order valence-electron chi connectivity index (χ0n) is 14.4. The number of nitrogens with zero attached hydrogens (tertiary/aromatic N) is 2. The van der Waals surface area contributed by atoms with Gasteiger partial charge in [0, 0.05) is 34.9 Å². The standard InChI is InChI=1S/C20H19N3O2S/c1-14(24)15-5-4-7-17(11-15)22-19(25)12-18-13-26-20(23-18)9-8-16-6-2-3-10-21-16/h2-7,10-11,13H,8-9,12H2,1H3,(H,22,25). The number of carbonyl (C=O) groups excluding carboxylic acids is 2. The van der Waals surface area contributed by atoms with Crippen LogP contribution in [-0.4, -0.2) is 21.7 Å². The highest BCUT2D eigenvalue weighted by atomic mass is 32.1. The maximum Gasteiger partial charge on any atom is 0.230 e. The molecule has 0 bridgehead atoms. The summed E-state index contributed by atoms with van der Waals surface area (Å²) in [7, 11) is 0. The van der Waals surface area contributed by atoms with Gasteiger partial charge in [-0.25, -0.2) is 4.98 Å². The minimum atomic E-state index is -0.146. The number of Topliss-reactive ketones (excluding diaryl/α,β-unsaturated/α-hetero) is 1. The summed E-state index contributed by atoms with van der Waals surface area (Å²) in [6.07, 6.45) is 3.64. The predicted molar refractivity (Wildman–Crippen MR) is 103 cm³/mol. The number of aromatic nitrogens is 2. The van der Waals surface area contributed by atoms with Crippen molar-refractivity contribution >= 4 is 28.7 Å². The molecule has 1 amide bonds. The quantitative estimate of drug-likeness (QED) is 0.648. The van der Waals surface area contributed by atoms with Crippen molar-refractivity contribution in [3.8, 4) is 0 Å². The fraction of sp³-hybridized carbons (Fsp3) is 0.200. The second-order valence-corrected chi connectivity index (χ2v) is 6.86. The number of benzene rings is 1. The Morgan fingerprint density at radius 1 is 1.08 bits per heavy atom. The SMILES string of the molecule is CC(=O)c1cccc(NC(=O)Cc2csc(CCc3ccccn3)n2)c1. The summed E-state index contributed by atoms with van der Waals surface area (Å²) < 4.78 is 0. The molecule has 0 aliphatic rings. The van der Waals surface area contributed by atoms with Gasteiger partial charge < -0.3 is 5.32 Å². The lowest BCUT2D eigenvalue weighted by molar-refractivity contribution is -0.115. The Morgan fingerprint density at radius 3 is 2.73 bits per heavy atom. The third kappa shape index (κ3) is 5.07. The Morgan fingerprint density at radius 2 is 1.96 bits per heavy atom. The highest BCUT2D eigenvalue weighted by Crippen LogP contribution is 2.15. The number of amides is 1. The highest BCUT2D eigenvalue weighted by molar-refractivity contribution is 7.09. The van der Waals surface area contributed by atoms with Crippen molar-refractivity contribution in [3.63, 3.8) is 0 Å². The van der Waals surface area contributed by atoms with Gasteiger partial charge in [-0.1, -0.05) is 18.2 Å². The van der Waals surface area contributed by atoms with Gasteiger partial charge in [-0.3, -0.25) is 14.6 Å². The van der Waals surface area contributed by atoms with Gasteiger partial charge in [-0.15, -0.1) is 11.3 Å². The first-order valence-corrected chi connectivity index (χ1v) is 9.22. The topological polar surface area (TPSA) is 72.0 Å². The van der Waals surface area contributed by atoms with E-state index in [2.05, 4.69) is 15.3 Å². The first kappa shape index (κ1) is 17.9. The molecular weight excluding hydrogens is 346 g/mol. The van der Waals surface area contributed by atoms with Crippen LogP contribution in [0.15, 0.2) is 54.0 Å². The Bertz CT molecular complexity index is 906. The van der Waals surface area contributed by atoms with Crippen LogP contribution in [0.4, 0.5) is 5.69 Å². The lowest BCUT2D eigenvalue weighted by atomic mass is 10.1. The molecule has 0 aliphatic carbocycles. The molecule has 0 unspecified atom stereocenters. The van der Waals surface area contributed by atoms with E-state index in [1.165, 1.54) is 6.92 Å². The van der Waals surface area contributed by atoms with Crippen molar-refractivity contribution in [3.05, 3.63) is 76.0 Å². The van der Waals surface area contributed by atoms with Gasteiger partial charge in [0.2, 0.25) is 5.91 Å². The number of thiazole rings is 1. The van der Waals surface area contributed by atoms with Crippen molar-refractivity contribution in [1.82, 2.24) is 9.97 Å². The van der Waals surface area contributed by atoms with Gasteiger partial charge in [0.15, 0.2) is 5.78 Å². The van der Waals surface area contributed by atoms with Crippen LogP contribution in [0.2, 0.25) is 0 Å². The van der Waals surface area contributed by atoms with Crippen LogP contribution in [0.1, 0.15) is 33.7 Å². The molecule has 0 aliphatic heterocycles. The third-order valence-electron chi connectivity index (χ3n) is 3.81. The monoisotopic (exact) mass is 365 g/mol. The smallest absolute Gasteiger partial charge is 0.230 e. The molecule has 0 spiro atoms. The van der Waals surface area contributed by atoms with Gasteiger partial charge in [0.25, 0.3) is 0 Å². The largest absolute Gasteiger partial charge is 0.326 e. The number of pyridine rings is 1. The molecule has 3 rings (SSSR count). The van der Waals surface area contributed by atoms with E-state index in [0.717, 1.165) is 29.2 Å². The van der Waals surface area contributed by atoms with Crippen LogP contribution in [0, 0.1) is 0 Å². The highest BCUT2D eigenvalue weighted by Gasteiger charge is 2.09. The van der Waals surface area contributed by atoms with Crippen molar-refractivity contribution in [2.24, 2.45) is 0 Å². The molecule has 1 N–H and O–H groups in total. The van der Waals surface area contributed by atoms with Crippen molar-refractivity contribution in [2.75, 3.05) is 5.32 Å². The fourth-order valence-electron chi connectivity index (χ4n) is 2.51. The molecule has 2 aromatic heterocycles. The van der Waals surface area contributed by atoms with E-state index >= 15 is 0 Å². The Kier molecular flexibility index (Phi) is 5.86. The van der Waals surface area contributed by atoms with E-state index in [-0.39, 0.29) is 18.1 Å². The number of anilines is 1. The normalized spacial score (nSPS) is 10.5. The van der Waals surface area contributed by atoms with Crippen molar-refractivity contribution < 1.29 is 9.59 Å². The first-order valence-electron chi connectivity index (χ1n) is 8.34. The number of aryl methyl sites for hydroxylation is 2.